The number of ether oxygens (including phenoxy) is 1. The average Bonchev–Trinajstić information content (AvgIpc) is 2.17. The third-order valence-electron chi connectivity index (χ3n) is 1.64. The van der Waals surface area contributed by atoms with Crippen LogP contribution in [-0.2, 0) is 4.74 Å². The van der Waals surface area contributed by atoms with E-state index in [1.165, 1.54) is 0 Å². The zero-order chi connectivity index (χ0) is 6.69. The van der Waals surface area contributed by atoms with E-state index in [2.05, 4.69) is 13.0 Å². The van der Waals surface area contributed by atoms with Gasteiger partial charge in [0.25, 0.3) is 0 Å². The van der Waals surface area contributed by atoms with Crippen molar-refractivity contribution in [2.75, 3.05) is 0 Å². The Bertz CT molecular complexity index is 127. The highest BCUT2D eigenvalue weighted by Crippen LogP contribution is 2.20. The summed E-state index contributed by atoms with van der Waals surface area (Å²) in [6.07, 6.45) is 3.35. The van der Waals surface area contributed by atoms with Crippen molar-refractivity contribution in [3.63, 3.8) is 0 Å². The van der Waals surface area contributed by atoms with E-state index in [-0.39, 0.29) is 6.10 Å². The van der Waals surface area contributed by atoms with Crippen LogP contribution < -0.4 is 0 Å². The smallest absolute Gasteiger partial charge is 0.0709 e. The Morgan fingerprint density at radius 2 is 2.44 bits per heavy atom. The lowest BCUT2D eigenvalue weighted by Gasteiger charge is -2.04. The molecule has 0 bridgehead atoms. The van der Waals surface area contributed by atoms with Crippen LogP contribution in [0.25, 0.3) is 0 Å². The number of hydrogen-bond donors (Lipinski definition) is 0. The highest BCUT2D eigenvalue weighted by molar-refractivity contribution is 4.80. The van der Waals surface area contributed by atoms with Gasteiger partial charge >= 0.3 is 0 Å². The van der Waals surface area contributed by atoms with Crippen molar-refractivity contribution >= 4 is 0 Å². The van der Waals surface area contributed by atoms with Crippen LogP contribution in [0.5, 0.6) is 0 Å². The Kier molecular flexibility index (Phi) is 2.07. The van der Waals surface area contributed by atoms with Gasteiger partial charge in [0.2, 0.25) is 0 Å². The van der Waals surface area contributed by atoms with Gasteiger partial charge in [0.15, 0.2) is 0 Å². The van der Waals surface area contributed by atoms with E-state index in [4.69, 9.17) is 10.00 Å². The Hall–Kier alpha value is -0.550. The van der Waals surface area contributed by atoms with Crippen LogP contribution in [0.2, 0.25) is 0 Å². The summed E-state index contributed by atoms with van der Waals surface area (Å²) in [5.74, 6) is 0. The molecule has 2 atom stereocenters. The van der Waals surface area contributed by atoms with Crippen molar-refractivity contribution < 1.29 is 4.74 Å². The quantitative estimate of drug-likeness (QED) is 0.531. The van der Waals surface area contributed by atoms with Crippen molar-refractivity contribution in [2.45, 2.75) is 38.4 Å². The molecule has 9 heavy (non-hydrogen) atoms. The summed E-state index contributed by atoms with van der Waals surface area (Å²) < 4.78 is 5.38. The summed E-state index contributed by atoms with van der Waals surface area (Å²) in [5, 5.41) is 8.28. The third-order valence-corrected chi connectivity index (χ3v) is 1.64. The lowest BCUT2D eigenvalue weighted by molar-refractivity contribution is 0.0589. The molecule has 0 spiro atoms. The van der Waals surface area contributed by atoms with Crippen molar-refractivity contribution in [2.24, 2.45) is 0 Å². The molecular weight excluding hydrogens is 114 g/mol. The third kappa shape index (κ3) is 1.69. The van der Waals surface area contributed by atoms with Crippen molar-refractivity contribution in [1.29, 1.82) is 5.26 Å². The topological polar surface area (TPSA) is 33.0 Å². The van der Waals surface area contributed by atoms with Crippen LogP contribution in [0, 0.1) is 11.3 Å². The van der Waals surface area contributed by atoms with Gasteiger partial charge in [-0.25, -0.2) is 0 Å². The summed E-state index contributed by atoms with van der Waals surface area (Å²) in [7, 11) is 0. The molecule has 0 radical (unpaired) electrons. The second-order valence-corrected chi connectivity index (χ2v) is 2.51. The molecule has 2 nitrogen and oxygen atoms in total. The SMILES string of the molecule is C[C@@H]1CCC(CC#N)O1. The Labute approximate surface area is 55.4 Å². The first-order valence-corrected chi connectivity index (χ1v) is 3.35. The van der Waals surface area contributed by atoms with E-state index in [0.29, 0.717) is 12.5 Å². The summed E-state index contributed by atoms with van der Waals surface area (Å²) in [6, 6.07) is 2.11. The minimum absolute atomic E-state index is 0.227. The fourth-order valence-corrected chi connectivity index (χ4v) is 1.14. The van der Waals surface area contributed by atoms with Crippen LogP contribution in [0.15, 0.2) is 0 Å². The monoisotopic (exact) mass is 125 g/mol. The van der Waals surface area contributed by atoms with Gasteiger partial charge in [0.05, 0.1) is 24.7 Å². The van der Waals surface area contributed by atoms with E-state index in [0.717, 1.165) is 12.8 Å². The number of nitrogens with zero attached hydrogens (tertiary/aromatic N) is 1. The van der Waals surface area contributed by atoms with Gasteiger partial charge in [0, 0.05) is 0 Å². The molecule has 0 aromatic heterocycles. The number of nitriles is 1. The van der Waals surface area contributed by atoms with Crippen LogP contribution in [0.4, 0.5) is 0 Å². The van der Waals surface area contributed by atoms with E-state index in [1.807, 2.05) is 0 Å². The summed E-state index contributed by atoms with van der Waals surface area (Å²) >= 11 is 0. The summed E-state index contributed by atoms with van der Waals surface area (Å²) in [5.41, 5.74) is 0. The van der Waals surface area contributed by atoms with Gasteiger partial charge in [-0.2, -0.15) is 5.26 Å². The first-order chi connectivity index (χ1) is 4.33. The molecule has 1 rings (SSSR count). The number of rotatable bonds is 1. The summed E-state index contributed by atoms with van der Waals surface area (Å²) in [6.45, 7) is 2.05. The van der Waals surface area contributed by atoms with E-state index >= 15 is 0 Å². The highest BCUT2D eigenvalue weighted by atomic mass is 16.5. The van der Waals surface area contributed by atoms with Crippen LogP contribution in [0.1, 0.15) is 26.2 Å². The van der Waals surface area contributed by atoms with Crippen molar-refractivity contribution in [1.82, 2.24) is 0 Å². The molecule has 1 saturated heterocycles. The maximum atomic E-state index is 8.28. The fraction of sp³-hybridized carbons (Fsp3) is 0.857. The lowest BCUT2D eigenvalue weighted by Crippen LogP contribution is -2.06. The molecule has 1 unspecified atom stereocenters. The molecule has 0 saturated carbocycles. The first-order valence-electron chi connectivity index (χ1n) is 3.35. The molecular formula is C7H11NO. The van der Waals surface area contributed by atoms with Crippen molar-refractivity contribution in [3.8, 4) is 6.07 Å². The Balaban J connectivity index is 2.24. The number of hydrogen-bond acceptors (Lipinski definition) is 2. The average molecular weight is 125 g/mol. The zero-order valence-corrected chi connectivity index (χ0v) is 5.63. The van der Waals surface area contributed by atoms with Crippen LogP contribution in [-0.4, -0.2) is 12.2 Å². The van der Waals surface area contributed by atoms with Crippen LogP contribution in [0.3, 0.4) is 0 Å². The molecule has 50 valence electrons. The first kappa shape index (κ1) is 6.57. The van der Waals surface area contributed by atoms with Gasteiger partial charge in [-0.05, 0) is 19.8 Å². The molecule has 0 aromatic rings. The van der Waals surface area contributed by atoms with Gasteiger partial charge in [-0.15, -0.1) is 0 Å². The van der Waals surface area contributed by atoms with Crippen molar-refractivity contribution in [3.05, 3.63) is 0 Å². The molecule has 0 aliphatic carbocycles. The molecule has 1 aliphatic heterocycles. The Morgan fingerprint density at radius 1 is 1.67 bits per heavy atom. The fourth-order valence-electron chi connectivity index (χ4n) is 1.14. The largest absolute Gasteiger partial charge is 0.374 e. The molecule has 1 heterocycles. The van der Waals surface area contributed by atoms with Gasteiger partial charge in [-0.3, -0.25) is 0 Å². The molecule has 2 heteroatoms. The normalized spacial score (nSPS) is 34.2. The second kappa shape index (κ2) is 2.84. The predicted octanol–water partition coefficient (Wildman–Crippen LogP) is 1.47. The predicted molar refractivity (Wildman–Crippen MR) is 33.8 cm³/mol. The van der Waals surface area contributed by atoms with Crippen LogP contribution >= 0.6 is 0 Å². The highest BCUT2D eigenvalue weighted by Gasteiger charge is 2.20. The van der Waals surface area contributed by atoms with E-state index in [9.17, 15) is 0 Å². The van der Waals surface area contributed by atoms with Gasteiger partial charge < -0.3 is 4.74 Å². The maximum Gasteiger partial charge on any atom is 0.0709 e. The standard InChI is InChI=1S/C7H11NO/c1-6-2-3-7(9-6)4-5-8/h6-7H,2-4H2,1H3/t6-,7?/m1/s1. The zero-order valence-electron chi connectivity index (χ0n) is 5.63. The molecule has 1 aliphatic rings. The van der Waals surface area contributed by atoms with Gasteiger partial charge in [-0.1, -0.05) is 0 Å². The minimum Gasteiger partial charge on any atom is -0.374 e. The maximum absolute atomic E-state index is 8.28. The second-order valence-electron chi connectivity index (χ2n) is 2.51. The Morgan fingerprint density at radius 3 is 2.89 bits per heavy atom. The van der Waals surface area contributed by atoms with E-state index < -0.39 is 0 Å². The minimum atomic E-state index is 0.227. The lowest BCUT2D eigenvalue weighted by atomic mass is 10.2. The van der Waals surface area contributed by atoms with Gasteiger partial charge in [0.1, 0.15) is 0 Å². The molecule has 0 aromatic carbocycles. The molecule has 0 amide bonds. The molecule has 1 fully saturated rings. The molecule has 0 N–H and O–H groups in total. The van der Waals surface area contributed by atoms with E-state index in [1.54, 1.807) is 0 Å². The summed E-state index contributed by atoms with van der Waals surface area (Å²) in [4.78, 5) is 0.